The number of carbonyl (C=O) groups excluding carboxylic acids is 3. The van der Waals surface area contributed by atoms with Gasteiger partial charge < -0.3 is 20.3 Å². The lowest BCUT2D eigenvalue weighted by Crippen LogP contribution is -2.40. The second-order valence-electron chi connectivity index (χ2n) is 6.21. The second kappa shape index (κ2) is 7.90. The SMILES string of the molecule is CNC(=O)c1ccc(C)c(NC(=O)CCN2C(=O)COc3ccccc32)c1. The van der Waals surface area contributed by atoms with Crippen molar-refractivity contribution >= 4 is 29.1 Å². The van der Waals surface area contributed by atoms with Gasteiger partial charge in [-0.15, -0.1) is 0 Å². The summed E-state index contributed by atoms with van der Waals surface area (Å²) in [7, 11) is 1.55. The molecular formula is C20H21N3O4. The molecule has 0 radical (unpaired) electrons. The van der Waals surface area contributed by atoms with Crippen LogP contribution in [-0.2, 0) is 9.59 Å². The molecule has 2 aromatic carbocycles. The van der Waals surface area contributed by atoms with Crippen LogP contribution < -0.4 is 20.3 Å². The number of benzene rings is 2. The number of aryl methyl sites for hydroxylation is 1. The number of hydrogen-bond acceptors (Lipinski definition) is 4. The van der Waals surface area contributed by atoms with Crippen LogP contribution >= 0.6 is 0 Å². The Morgan fingerprint density at radius 1 is 1.19 bits per heavy atom. The first-order chi connectivity index (χ1) is 13.0. The van der Waals surface area contributed by atoms with Crippen molar-refractivity contribution in [3.05, 3.63) is 53.6 Å². The largest absolute Gasteiger partial charge is 0.482 e. The topological polar surface area (TPSA) is 87.7 Å². The zero-order valence-electron chi connectivity index (χ0n) is 15.2. The Bertz CT molecular complexity index is 895. The van der Waals surface area contributed by atoms with Gasteiger partial charge >= 0.3 is 0 Å². The normalized spacial score (nSPS) is 12.8. The summed E-state index contributed by atoms with van der Waals surface area (Å²) in [4.78, 5) is 37.9. The Morgan fingerprint density at radius 2 is 1.96 bits per heavy atom. The first-order valence-corrected chi connectivity index (χ1v) is 8.64. The first kappa shape index (κ1) is 18.4. The standard InChI is InChI=1S/C20H21N3O4/c1-13-7-8-14(20(26)21-2)11-15(13)22-18(24)9-10-23-16-5-3-4-6-17(16)27-12-19(23)25/h3-8,11H,9-10,12H2,1-2H3,(H,21,26)(H,22,24). The highest BCUT2D eigenvalue weighted by Crippen LogP contribution is 2.31. The van der Waals surface area contributed by atoms with Crippen molar-refractivity contribution in [2.45, 2.75) is 13.3 Å². The van der Waals surface area contributed by atoms with Gasteiger partial charge in [0.05, 0.1) is 5.69 Å². The van der Waals surface area contributed by atoms with Crippen LogP contribution in [0.4, 0.5) is 11.4 Å². The Hall–Kier alpha value is -3.35. The van der Waals surface area contributed by atoms with Gasteiger partial charge in [-0.1, -0.05) is 18.2 Å². The fourth-order valence-electron chi connectivity index (χ4n) is 2.87. The van der Waals surface area contributed by atoms with E-state index in [4.69, 9.17) is 4.74 Å². The van der Waals surface area contributed by atoms with Crippen LogP contribution in [-0.4, -0.2) is 37.9 Å². The summed E-state index contributed by atoms with van der Waals surface area (Å²) < 4.78 is 5.40. The molecule has 140 valence electrons. The number of nitrogens with one attached hydrogen (secondary N) is 2. The molecule has 0 aliphatic carbocycles. The Labute approximate surface area is 157 Å². The van der Waals surface area contributed by atoms with E-state index < -0.39 is 0 Å². The van der Waals surface area contributed by atoms with Crippen LogP contribution in [0.15, 0.2) is 42.5 Å². The third-order valence-electron chi connectivity index (χ3n) is 4.37. The molecule has 0 aromatic heterocycles. The third kappa shape index (κ3) is 4.08. The molecule has 2 aromatic rings. The van der Waals surface area contributed by atoms with Crippen molar-refractivity contribution in [2.24, 2.45) is 0 Å². The average molecular weight is 367 g/mol. The fourth-order valence-corrected chi connectivity index (χ4v) is 2.87. The molecule has 7 nitrogen and oxygen atoms in total. The van der Waals surface area contributed by atoms with Gasteiger partial charge in [0.15, 0.2) is 6.61 Å². The molecule has 1 aliphatic rings. The van der Waals surface area contributed by atoms with Crippen LogP contribution in [0.25, 0.3) is 0 Å². The van der Waals surface area contributed by atoms with Crippen molar-refractivity contribution < 1.29 is 19.1 Å². The third-order valence-corrected chi connectivity index (χ3v) is 4.37. The molecule has 3 amide bonds. The zero-order chi connectivity index (χ0) is 19.4. The van der Waals surface area contributed by atoms with E-state index in [0.717, 1.165) is 5.56 Å². The van der Waals surface area contributed by atoms with Gasteiger partial charge in [0.2, 0.25) is 5.91 Å². The number of nitrogens with zero attached hydrogens (tertiary/aromatic N) is 1. The molecule has 0 atom stereocenters. The Balaban J connectivity index is 1.67. The number of anilines is 2. The monoisotopic (exact) mass is 367 g/mol. The van der Waals surface area contributed by atoms with E-state index in [1.54, 1.807) is 42.3 Å². The van der Waals surface area contributed by atoms with E-state index in [-0.39, 0.29) is 37.3 Å². The van der Waals surface area contributed by atoms with E-state index in [0.29, 0.717) is 22.7 Å². The Morgan fingerprint density at radius 3 is 2.74 bits per heavy atom. The summed E-state index contributed by atoms with van der Waals surface area (Å²) in [6.07, 6.45) is 0.129. The van der Waals surface area contributed by atoms with Gasteiger partial charge in [-0.05, 0) is 36.8 Å². The quantitative estimate of drug-likeness (QED) is 0.847. The predicted molar refractivity (Wildman–Crippen MR) is 102 cm³/mol. The summed E-state index contributed by atoms with van der Waals surface area (Å²) in [5.74, 6) is -0.00382. The van der Waals surface area contributed by atoms with E-state index in [9.17, 15) is 14.4 Å². The van der Waals surface area contributed by atoms with E-state index in [1.807, 2.05) is 19.1 Å². The molecule has 0 saturated carbocycles. The highest BCUT2D eigenvalue weighted by atomic mass is 16.5. The van der Waals surface area contributed by atoms with Crippen LogP contribution in [0.3, 0.4) is 0 Å². The molecule has 0 spiro atoms. The minimum Gasteiger partial charge on any atom is -0.482 e. The molecule has 2 N–H and O–H groups in total. The van der Waals surface area contributed by atoms with Gasteiger partial charge in [-0.2, -0.15) is 0 Å². The highest BCUT2D eigenvalue weighted by Gasteiger charge is 2.25. The van der Waals surface area contributed by atoms with Crippen LogP contribution in [0.2, 0.25) is 0 Å². The van der Waals surface area contributed by atoms with E-state index in [2.05, 4.69) is 10.6 Å². The number of ether oxygens (including phenoxy) is 1. The number of carbonyl (C=O) groups is 3. The maximum absolute atomic E-state index is 12.4. The molecule has 0 unspecified atom stereocenters. The fraction of sp³-hybridized carbons (Fsp3) is 0.250. The van der Waals surface area contributed by atoms with Crippen molar-refractivity contribution in [1.82, 2.24) is 5.32 Å². The minimum absolute atomic E-state index is 0.0358. The van der Waals surface area contributed by atoms with Crippen molar-refractivity contribution in [3.8, 4) is 5.75 Å². The van der Waals surface area contributed by atoms with Gasteiger partial charge in [0.25, 0.3) is 11.8 Å². The van der Waals surface area contributed by atoms with Crippen LogP contribution in [0.5, 0.6) is 5.75 Å². The summed E-state index contributed by atoms with van der Waals surface area (Å²) >= 11 is 0. The maximum atomic E-state index is 12.4. The van der Waals surface area contributed by atoms with Gasteiger partial charge in [-0.25, -0.2) is 0 Å². The molecule has 0 saturated heterocycles. The minimum atomic E-state index is -0.232. The molecule has 0 bridgehead atoms. The van der Waals surface area contributed by atoms with Crippen LogP contribution in [0.1, 0.15) is 22.3 Å². The molecule has 3 rings (SSSR count). The number of para-hydroxylation sites is 2. The molecular weight excluding hydrogens is 346 g/mol. The predicted octanol–water partition coefficient (Wildman–Crippen LogP) is 2.11. The van der Waals surface area contributed by atoms with Gasteiger partial charge in [0.1, 0.15) is 5.75 Å². The average Bonchev–Trinajstić information content (AvgIpc) is 2.68. The molecule has 1 heterocycles. The molecule has 27 heavy (non-hydrogen) atoms. The number of hydrogen-bond donors (Lipinski definition) is 2. The zero-order valence-corrected chi connectivity index (χ0v) is 15.2. The number of rotatable bonds is 5. The summed E-state index contributed by atoms with van der Waals surface area (Å²) in [5, 5.41) is 5.38. The number of fused-ring (bicyclic) bond motifs is 1. The lowest BCUT2D eigenvalue weighted by molar-refractivity contribution is -0.121. The molecule has 1 aliphatic heterocycles. The summed E-state index contributed by atoms with van der Waals surface area (Å²) in [5.41, 5.74) is 2.56. The summed E-state index contributed by atoms with van der Waals surface area (Å²) in [6, 6.07) is 12.4. The summed E-state index contributed by atoms with van der Waals surface area (Å²) in [6.45, 7) is 2.07. The van der Waals surface area contributed by atoms with Gasteiger partial charge in [0, 0.05) is 31.3 Å². The maximum Gasteiger partial charge on any atom is 0.265 e. The second-order valence-corrected chi connectivity index (χ2v) is 6.21. The highest BCUT2D eigenvalue weighted by molar-refractivity contribution is 6.00. The molecule has 0 fully saturated rings. The van der Waals surface area contributed by atoms with Crippen molar-refractivity contribution in [2.75, 3.05) is 30.4 Å². The number of amides is 3. The first-order valence-electron chi connectivity index (χ1n) is 8.64. The smallest absolute Gasteiger partial charge is 0.265 e. The molecule has 7 heteroatoms. The van der Waals surface area contributed by atoms with Crippen molar-refractivity contribution in [3.63, 3.8) is 0 Å². The van der Waals surface area contributed by atoms with Crippen LogP contribution in [0, 0.1) is 6.92 Å². The van der Waals surface area contributed by atoms with Crippen molar-refractivity contribution in [1.29, 1.82) is 0 Å². The van der Waals surface area contributed by atoms with E-state index in [1.165, 1.54) is 0 Å². The Kier molecular flexibility index (Phi) is 5.40. The lowest BCUT2D eigenvalue weighted by atomic mass is 10.1. The van der Waals surface area contributed by atoms with Gasteiger partial charge in [-0.3, -0.25) is 14.4 Å². The van der Waals surface area contributed by atoms with E-state index >= 15 is 0 Å². The lowest BCUT2D eigenvalue weighted by Gasteiger charge is -2.29.